The zero-order valence-corrected chi connectivity index (χ0v) is 16.4. The molecule has 0 bridgehead atoms. The second-order valence-electron chi connectivity index (χ2n) is 7.34. The van der Waals surface area contributed by atoms with Crippen LogP contribution in [0.25, 0.3) is 0 Å². The lowest BCUT2D eigenvalue weighted by atomic mass is 10.0. The van der Waals surface area contributed by atoms with Gasteiger partial charge in [0, 0.05) is 24.7 Å². The van der Waals surface area contributed by atoms with E-state index in [9.17, 15) is 29.0 Å². The third-order valence-corrected chi connectivity index (χ3v) is 5.22. The number of nitrogens with one attached hydrogen (secondary N) is 2. The molecule has 0 saturated carbocycles. The molecule has 10 heteroatoms. The lowest BCUT2D eigenvalue weighted by Crippen LogP contribution is -2.45. The van der Waals surface area contributed by atoms with Crippen LogP contribution in [0.1, 0.15) is 35.2 Å². The van der Waals surface area contributed by atoms with Gasteiger partial charge in [0.1, 0.15) is 11.9 Å². The lowest BCUT2D eigenvalue weighted by Gasteiger charge is -2.31. The molecule has 0 radical (unpaired) electrons. The number of nitrogens with zero attached hydrogens (tertiary/aromatic N) is 1. The first-order valence-corrected chi connectivity index (χ1v) is 9.60. The molecule has 1 amide bonds. The molecular weight excluding hydrogens is 397 g/mol. The third-order valence-electron chi connectivity index (χ3n) is 5.22. The zero-order valence-electron chi connectivity index (χ0n) is 16.4. The summed E-state index contributed by atoms with van der Waals surface area (Å²) in [4.78, 5) is 38.5. The van der Waals surface area contributed by atoms with E-state index in [0.717, 1.165) is 0 Å². The van der Waals surface area contributed by atoms with Crippen molar-refractivity contribution in [1.29, 1.82) is 0 Å². The first kappa shape index (κ1) is 21.9. The van der Waals surface area contributed by atoms with E-state index < -0.39 is 47.5 Å². The van der Waals surface area contributed by atoms with E-state index >= 15 is 0 Å². The van der Waals surface area contributed by atoms with E-state index in [1.54, 1.807) is 6.07 Å². The topological polar surface area (TPSA) is 134 Å². The van der Waals surface area contributed by atoms with E-state index in [2.05, 4.69) is 10.3 Å². The van der Waals surface area contributed by atoms with Crippen molar-refractivity contribution < 1.29 is 24.1 Å². The summed E-state index contributed by atoms with van der Waals surface area (Å²) in [5.74, 6) is -1.20. The average Bonchev–Trinajstić information content (AvgIpc) is 3.04. The molecule has 0 spiro atoms. The molecular formula is C20H24FN3O6. The van der Waals surface area contributed by atoms with Crippen molar-refractivity contribution in [3.8, 4) is 0 Å². The summed E-state index contributed by atoms with van der Waals surface area (Å²) in [6.07, 6.45) is -0.00501. The first-order chi connectivity index (χ1) is 14.3. The first-order valence-electron chi connectivity index (χ1n) is 9.60. The lowest BCUT2D eigenvalue weighted by molar-refractivity contribution is -0.124. The number of aliphatic hydroxyl groups is 2. The van der Waals surface area contributed by atoms with Gasteiger partial charge in [-0.15, -0.1) is 0 Å². The third kappa shape index (κ3) is 4.35. The Morgan fingerprint density at radius 1 is 1.40 bits per heavy atom. The van der Waals surface area contributed by atoms with Gasteiger partial charge in [0.15, 0.2) is 5.72 Å². The number of aromatic nitrogens is 2. The molecule has 1 aliphatic rings. The maximum atomic E-state index is 13.7. The quantitative estimate of drug-likeness (QED) is 0.465. The number of ether oxygens (including phenoxy) is 1. The minimum atomic E-state index is -1.30. The van der Waals surface area contributed by atoms with Crippen molar-refractivity contribution in [2.75, 3.05) is 13.2 Å². The number of aromatic amines is 1. The summed E-state index contributed by atoms with van der Waals surface area (Å²) in [6.45, 7) is 1.26. The van der Waals surface area contributed by atoms with Crippen LogP contribution in [0.4, 0.5) is 4.39 Å². The van der Waals surface area contributed by atoms with Gasteiger partial charge in [0.25, 0.3) is 11.5 Å². The fraction of sp³-hybridized carbons (Fsp3) is 0.450. The minimum Gasteiger partial charge on any atom is -0.394 e. The van der Waals surface area contributed by atoms with Gasteiger partial charge in [-0.1, -0.05) is 12.1 Å². The normalized spacial score (nSPS) is 23.5. The van der Waals surface area contributed by atoms with Crippen LogP contribution in [0.3, 0.4) is 0 Å². The van der Waals surface area contributed by atoms with Gasteiger partial charge in [-0.25, -0.2) is 9.18 Å². The van der Waals surface area contributed by atoms with Crippen molar-refractivity contribution in [2.45, 2.75) is 44.1 Å². The van der Waals surface area contributed by atoms with Crippen LogP contribution in [0.5, 0.6) is 0 Å². The highest BCUT2D eigenvalue weighted by molar-refractivity contribution is 5.94. The Bertz CT molecular complexity index is 1040. The van der Waals surface area contributed by atoms with Crippen molar-refractivity contribution in [1.82, 2.24) is 14.9 Å². The smallest absolute Gasteiger partial charge is 0.330 e. The Morgan fingerprint density at radius 2 is 2.13 bits per heavy atom. The zero-order chi connectivity index (χ0) is 21.9. The molecule has 1 aliphatic heterocycles. The number of hydrogen-bond acceptors (Lipinski definition) is 6. The van der Waals surface area contributed by atoms with Crippen molar-refractivity contribution in [3.05, 3.63) is 68.2 Å². The number of hydrogen-bond donors (Lipinski definition) is 4. The van der Waals surface area contributed by atoms with Crippen LogP contribution in [0, 0.1) is 12.7 Å². The van der Waals surface area contributed by atoms with Gasteiger partial charge in [-0.05, 0) is 31.9 Å². The van der Waals surface area contributed by atoms with Crippen molar-refractivity contribution >= 4 is 5.91 Å². The second-order valence-corrected chi connectivity index (χ2v) is 7.34. The Kier molecular flexibility index (Phi) is 6.49. The second kappa shape index (κ2) is 8.90. The van der Waals surface area contributed by atoms with E-state index in [1.807, 2.05) is 0 Å². The summed E-state index contributed by atoms with van der Waals surface area (Å²) in [5, 5.41) is 22.3. The molecule has 1 aromatic heterocycles. The molecule has 1 saturated heterocycles. The molecule has 3 atom stereocenters. The number of carbonyl (C=O) groups excluding carboxylic acids is 1. The maximum absolute atomic E-state index is 13.7. The van der Waals surface area contributed by atoms with Crippen LogP contribution < -0.4 is 16.6 Å². The molecule has 3 rings (SSSR count). The Hall–Kier alpha value is -2.82. The summed E-state index contributed by atoms with van der Waals surface area (Å²) < 4.78 is 20.8. The monoisotopic (exact) mass is 421 g/mol. The molecule has 1 fully saturated rings. The van der Waals surface area contributed by atoms with E-state index in [4.69, 9.17) is 4.74 Å². The van der Waals surface area contributed by atoms with E-state index in [1.165, 1.54) is 35.9 Å². The maximum Gasteiger partial charge on any atom is 0.330 e. The molecule has 2 heterocycles. The predicted molar refractivity (Wildman–Crippen MR) is 105 cm³/mol. The minimum absolute atomic E-state index is 0.0187. The number of aliphatic hydroxyl groups excluding tert-OH is 2. The van der Waals surface area contributed by atoms with E-state index in [-0.39, 0.29) is 30.5 Å². The average molecular weight is 421 g/mol. The van der Waals surface area contributed by atoms with Gasteiger partial charge in [-0.3, -0.25) is 19.1 Å². The van der Waals surface area contributed by atoms with Gasteiger partial charge >= 0.3 is 5.69 Å². The number of rotatable bonds is 7. The summed E-state index contributed by atoms with van der Waals surface area (Å²) in [7, 11) is 0. The fourth-order valence-corrected chi connectivity index (χ4v) is 3.64. The standard InChI is InChI=1S/C20H24FN3O6/c1-12-10-24(19(29)23-17(12)27)20(9-15(26)16(11-25)30-20)7-4-8-22-18(28)13-5-2-3-6-14(13)21/h2-3,5-6,10,15-16,25-26H,4,7-9,11H2,1H3,(H,22,28)(H,23,27,29)/t15-,16+,20+/m0/s1. The van der Waals surface area contributed by atoms with Gasteiger partial charge in [-0.2, -0.15) is 0 Å². The van der Waals surface area contributed by atoms with Crippen molar-refractivity contribution in [3.63, 3.8) is 0 Å². The molecule has 0 unspecified atom stereocenters. The van der Waals surface area contributed by atoms with Crippen molar-refractivity contribution in [2.24, 2.45) is 0 Å². The van der Waals surface area contributed by atoms with E-state index in [0.29, 0.717) is 6.42 Å². The SMILES string of the molecule is Cc1cn([C@@]2(CCCNC(=O)c3ccccc3F)C[C@H](O)[C@@H](CO)O2)c(=O)[nH]c1=O. The molecule has 4 N–H and O–H groups in total. The van der Waals surface area contributed by atoms with Crippen LogP contribution >= 0.6 is 0 Å². The van der Waals surface area contributed by atoms with Gasteiger partial charge < -0.3 is 20.3 Å². The number of carbonyl (C=O) groups is 1. The number of benzene rings is 1. The Morgan fingerprint density at radius 3 is 2.80 bits per heavy atom. The Labute approximate surface area is 171 Å². The number of amides is 1. The van der Waals surface area contributed by atoms with Crippen LogP contribution in [-0.2, 0) is 10.5 Å². The Balaban J connectivity index is 1.76. The summed E-state index contributed by atoms with van der Waals surface area (Å²) in [6, 6.07) is 5.61. The molecule has 0 aliphatic carbocycles. The molecule has 2 aromatic rings. The number of halogens is 1. The van der Waals surface area contributed by atoms with Gasteiger partial charge in [0.05, 0.1) is 18.3 Å². The highest BCUT2D eigenvalue weighted by Gasteiger charge is 2.47. The predicted octanol–water partition coefficient (Wildman–Crippen LogP) is -0.0108. The number of H-pyrrole nitrogens is 1. The largest absolute Gasteiger partial charge is 0.394 e. The molecule has 162 valence electrons. The summed E-state index contributed by atoms with van der Waals surface area (Å²) in [5.41, 5.74) is -2.32. The molecule has 30 heavy (non-hydrogen) atoms. The van der Waals surface area contributed by atoms with Gasteiger partial charge in [0.2, 0.25) is 0 Å². The fourth-order valence-electron chi connectivity index (χ4n) is 3.64. The highest BCUT2D eigenvalue weighted by Crippen LogP contribution is 2.38. The highest BCUT2D eigenvalue weighted by atomic mass is 19.1. The van der Waals surface area contributed by atoms with Crippen LogP contribution in [-0.4, -0.2) is 51.0 Å². The summed E-state index contributed by atoms with van der Waals surface area (Å²) >= 11 is 0. The molecule has 1 aromatic carbocycles. The molecule has 9 nitrogen and oxygen atoms in total. The number of aryl methyl sites for hydroxylation is 1. The van der Waals surface area contributed by atoms with Crippen LogP contribution in [0.2, 0.25) is 0 Å². The van der Waals surface area contributed by atoms with Crippen LogP contribution in [0.15, 0.2) is 40.1 Å².